The van der Waals surface area contributed by atoms with E-state index in [9.17, 15) is 0 Å². The molecule has 4 nitrogen and oxygen atoms in total. The van der Waals surface area contributed by atoms with Crippen LogP contribution in [0, 0.1) is 5.92 Å². The first-order chi connectivity index (χ1) is 6.86. The smallest absolute Gasteiger partial charge is 0.224 e. The Kier molecular flexibility index (Phi) is 2.93. The van der Waals surface area contributed by atoms with Gasteiger partial charge in [-0.2, -0.15) is 0 Å². The molecule has 1 saturated heterocycles. The summed E-state index contributed by atoms with van der Waals surface area (Å²) in [6.45, 7) is 3.31. The molecular weight excluding hydrogens is 176 g/mol. The quantitative estimate of drug-likeness (QED) is 0.758. The molecule has 0 radical (unpaired) electrons. The van der Waals surface area contributed by atoms with Gasteiger partial charge in [0, 0.05) is 26.0 Å². The Hall–Kier alpha value is -1.16. The molecule has 1 unspecified atom stereocenters. The van der Waals surface area contributed by atoms with E-state index in [2.05, 4.69) is 20.2 Å². The Morgan fingerprint density at radius 1 is 1.50 bits per heavy atom. The number of nitrogens with one attached hydrogen (secondary N) is 1. The zero-order valence-corrected chi connectivity index (χ0v) is 8.48. The fourth-order valence-electron chi connectivity index (χ4n) is 1.83. The van der Waals surface area contributed by atoms with Gasteiger partial charge in [0.15, 0.2) is 0 Å². The van der Waals surface area contributed by atoms with Gasteiger partial charge in [0.2, 0.25) is 5.95 Å². The first kappa shape index (κ1) is 9.40. The fourth-order valence-corrected chi connectivity index (χ4v) is 1.83. The van der Waals surface area contributed by atoms with Gasteiger partial charge in [-0.3, -0.25) is 0 Å². The molecule has 4 heteroatoms. The van der Waals surface area contributed by atoms with E-state index in [1.54, 1.807) is 12.4 Å². The van der Waals surface area contributed by atoms with Gasteiger partial charge in [-0.1, -0.05) is 0 Å². The lowest BCUT2D eigenvalue weighted by molar-refractivity contribution is 0.573. The highest BCUT2D eigenvalue weighted by atomic mass is 15.2. The lowest BCUT2D eigenvalue weighted by Crippen LogP contribution is -2.28. The summed E-state index contributed by atoms with van der Waals surface area (Å²) in [5, 5.41) is 3.36. The summed E-state index contributed by atoms with van der Waals surface area (Å²) in [5.41, 5.74) is 0. The zero-order valence-electron chi connectivity index (χ0n) is 8.48. The van der Waals surface area contributed by atoms with Crippen molar-refractivity contribution in [1.29, 1.82) is 0 Å². The van der Waals surface area contributed by atoms with Gasteiger partial charge >= 0.3 is 0 Å². The standard InChI is InChI=1S/C10H16N4/c1-14(8-9-3-6-11-7-9)10-12-4-2-5-13-10/h2,4-5,9,11H,3,6-8H2,1H3. The Labute approximate surface area is 84.4 Å². The molecule has 0 aromatic carbocycles. The summed E-state index contributed by atoms with van der Waals surface area (Å²) in [6, 6.07) is 1.84. The van der Waals surface area contributed by atoms with E-state index in [1.807, 2.05) is 13.1 Å². The first-order valence-corrected chi connectivity index (χ1v) is 5.05. The lowest BCUT2D eigenvalue weighted by Gasteiger charge is -2.20. The molecule has 1 fully saturated rings. The van der Waals surface area contributed by atoms with Crippen molar-refractivity contribution in [3.8, 4) is 0 Å². The van der Waals surface area contributed by atoms with E-state index in [1.165, 1.54) is 6.42 Å². The van der Waals surface area contributed by atoms with Crippen molar-refractivity contribution < 1.29 is 0 Å². The molecule has 2 heterocycles. The van der Waals surface area contributed by atoms with Crippen molar-refractivity contribution >= 4 is 5.95 Å². The van der Waals surface area contributed by atoms with Gasteiger partial charge in [-0.15, -0.1) is 0 Å². The number of aromatic nitrogens is 2. The van der Waals surface area contributed by atoms with Crippen LogP contribution in [0.15, 0.2) is 18.5 Å². The minimum absolute atomic E-state index is 0.740. The van der Waals surface area contributed by atoms with Crippen LogP contribution >= 0.6 is 0 Å². The number of hydrogen-bond acceptors (Lipinski definition) is 4. The van der Waals surface area contributed by atoms with Crippen LogP contribution in [0.5, 0.6) is 0 Å². The SMILES string of the molecule is CN(CC1CCNC1)c1ncccn1. The van der Waals surface area contributed by atoms with E-state index in [0.717, 1.165) is 31.5 Å². The second kappa shape index (κ2) is 4.37. The molecule has 14 heavy (non-hydrogen) atoms. The summed E-state index contributed by atoms with van der Waals surface area (Å²) in [5.74, 6) is 1.56. The predicted molar refractivity (Wildman–Crippen MR) is 56.3 cm³/mol. The summed E-state index contributed by atoms with van der Waals surface area (Å²) in [7, 11) is 2.05. The minimum atomic E-state index is 0.740. The summed E-state index contributed by atoms with van der Waals surface area (Å²) in [4.78, 5) is 10.6. The van der Waals surface area contributed by atoms with E-state index in [4.69, 9.17) is 0 Å². The summed E-state index contributed by atoms with van der Waals surface area (Å²) >= 11 is 0. The molecular formula is C10H16N4. The average molecular weight is 192 g/mol. The molecule has 1 aromatic rings. The third kappa shape index (κ3) is 2.20. The van der Waals surface area contributed by atoms with Crippen molar-refractivity contribution in [2.24, 2.45) is 5.92 Å². The van der Waals surface area contributed by atoms with E-state index in [0.29, 0.717) is 0 Å². The molecule has 1 N–H and O–H groups in total. The second-order valence-corrected chi connectivity index (χ2v) is 3.79. The highest BCUT2D eigenvalue weighted by molar-refractivity contribution is 5.26. The van der Waals surface area contributed by atoms with Crippen LogP contribution in [0.3, 0.4) is 0 Å². The summed E-state index contributed by atoms with van der Waals surface area (Å²) in [6.07, 6.45) is 4.83. The van der Waals surface area contributed by atoms with Gasteiger partial charge in [0.05, 0.1) is 0 Å². The fraction of sp³-hybridized carbons (Fsp3) is 0.600. The molecule has 0 aliphatic carbocycles. The van der Waals surface area contributed by atoms with E-state index >= 15 is 0 Å². The van der Waals surface area contributed by atoms with Crippen LogP contribution in [0.25, 0.3) is 0 Å². The average Bonchev–Trinajstić information content (AvgIpc) is 2.72. The van der Waals surface area contributed by atoms with Crippen molar-refractivity contribution in [3.05, 3.63) is 18.5 Å². The molecule has 76 valence electrons. The third-order valence-electron chi connectivity index (χ3n) is 2.59. The maximum atomic E-state index is 4.22. The van der Waals surface area contributed by atoms with Gasteiger partial charge in [-0.25, -0.2) is 9.97 Å². The van der Waals surface area contributed by atoms with Gasteiger partial charge in [0.25, 0.3) is 0 Å². The summed E-state index contributed by atoms with van der Waals surface area (Å²) < 4.78 is 0. The van der Waals surface area contributed by atoms with Crippen LogP contribution in [-0.4, -0.2) is 36.6 Å². The first-order valence-electron chi connectivity index (χ1n) is 5.05. The Bertz CT molecular complexity index is 269. The van der Waals surface area contributed by atoms with Crippen molar-refractivity contribution in [3.63, 3.8) is 0 Å². The van der Waals surface area contributed by atoms with Crippen molar-refractivity contribution in [1.82, 2.24) is 15.3 Å². The molecule has 0 bridgehead atoms. The van der Waals surface area contributed by atoms with Crippen LogP contribution in [-0.2, 0) is 0 Å². The van der Waals surface area contributed by atoms with Crippen molar-refractivity contribution in [2.75, 3.05) is 31.6 Å². The number of nitrogens with zero attached hydrogens (tertiary/aromatic N) is 3. The minimum Gasteiger partial charge on any atom is -0.344 e. The second-order valence-electron chi connectivity index (χ2n) is 3.79. The highest BCUT2D eigenvalue weighted by Gasteiger charge is 2.17. The number of anilines is 1. The Morgan fingerprint density at radius 2 is 2.29 bits per heavy atom. The normalized spacial score (nSPS) is 21.1. The molecule has 0 amide bonds. The predicted octanol–water partition coefficient (Wildman–Crippen LogP) is 0.522. The molecule has 2 rings (SSSR count). The molecule has 1 atom stereocenters. The Balaban J connectivity index is 1.92. The number of hydrogen-bond donors (Lipinski definition) is 1. The van der Waals surface area contributed by atoms with Gasteiger partial charge in [-0.05, 0) is 31.5 Å². The largest absolute Gasteiger partial charge is 0.344 e. The van der Waals surface area contributed by atoms with Crippen molar-refractivity contribution in [2.45, 2.75) is 6.42 Å². The number of rotatable bonds is 3. The molecule has 0 spiro atoms. The van der Waals surface area contributed by atoms with Crippen LogP contribution < -0.4 is 10.2 Å². The topological polar surface area (TPSA) is 41.0 Å². The van der Waals surface area contributed by atoms with Gasteiger partial charge < -0.3 is 10.2 Å². The van der Waals surface area contributed by atoms with Gasteiger partial charge in [0.1, 0.15) is 0 Å². The van der Waals surface area contributed by atoms with E-state index < -0.39 is 0 Å². The Morgan fingerprint density at radius 3 is 2.93 bits per heavy atom. The highest BCUT2D eigenvalue weighted by Crippen LogP contribution is 2.11. The maximum Gasteiger partial charge on any atom is 0.224 e. The third-order valence-corrected chi connectivity index (χ3v) is 2.59. The molecule has 1 aromatic heterocycles. The molecule has 0 saturated carbocycles. The van der Waals surface area contributed by atoms with Crippen LogP contribution in [0.2, 0.25) is 0 Å². The lowest BCUT2D eigenvalue weighted by atomic mass is 10.1. The molecule has 1 aliphatic heterocycles. The monoisotopic (exact) mass is 192 g/mol. The molecule has 1 aliphatic rings. The van der Waals surface area contributed by atoms with E-state index in [-0.39, 0.29) is 0 Å². The van der Waals surface area contributed by atoms with Crippen LogP contribution in [0.4, 0.5) is 5.95 Å². The van der Waals surface area contributed by atoms with Crippen LogP contribution in [0.1, 0.15) is 6.42 Å². The maximum absolute atomic E-state index is 4.22. The zero-order chi connectivity index (χ0) is 9.80.